The number of rotatable bonds is 2. The van der Waals surface area contributed by atoms with Gasteiger partial charge >= 0.3 is 0 Å². The monoisotopic (exact) mass is 1280 g/mol. The minimum absolute atomic E-state index is 0.00226. The van der Waals surface area contributed by atoms with Crippen LogP contribution < -0.4 is 0 Å². The Morgan fingerprint density at radius 2 is 0.694 bits per heavy atom. The van der Waals surface area contributed by atoms with Crippen LogP contribution in [0.2, 0.25) is 0 Å². The van der Waals surface area contributed by atoms with Gasteiger partial charge in [0.1, 0.15) is 0 Å². The molecule has 0 atom stereocenters. The summed E-state index contributed by atoms with van der Waals surface area (Å²) in [5, 5.41) is 40.2. The first-order valence-corrected chi connectivity index (χ1v) is 33.2. The number of fused-ring (bicyclic) bond motifs is 6. The average molecular weight is 1280 g/mol. The first kappa shape index (κ1) is 74.2. The van der Waals surface area contributed by atoms with Crippen LogP contribution in [0.15, 0.2) is 225 Å². The minimum Gasteiger partial charge on any atom is -0.309 e. The molecule has 12 rings (SSSR count). The van der Waals surface area contributed by atoms with Crippen molar-refractivity contribution in [3.8, 4) is 60.3 Å². The lowest BCUT2D eigenvalue weighted by Gasteiger charge is -2.23. The molecule has 0 spiro atoms. The molecule has 7 nitrogen and oxygen atoms in total. The Labute approximate surface area is 584 Å². The molecule has 3 aromatic heterocycles. The molecule has 0 N–H and O–H groups in total. The Hall–Kier alpha value is -11.2. The first-order valence-electron chi connectivity index (χ1n) is 33.2. The fourth-order valence-corrected chi connectivity index (χ4v) is 11.4. The zero-order chi connectivity index (χ0) is 72.0. The second-order valence-electron chi connectivity index (χ2n) is 30.6. The van der Waals surface area contributed by atoms with Crippen molar-refractivity contribution in [2.24, 2.45) is 0 Å². The second kappa shape index (κ2) is 31.1. The van der Waals surface area contributed by atoms with E-state index in [0.717, 1.165) is 39.1 Å². The smallest absolute Gasteiger partial charge is 0.0995 e. The van der Waals surface area contributed by atoms with E-state index in [0.29, 0.717) is 11.1 Å². The van der Waals surface area contributed by atoms with Crippen molar-refractivity contribution in [2.45, 2.75) is 157 Å². The number of hydrogen-bond donors (Lipinski definition) is 0. The molecule has 98 heavy (non-hydrogen) atoms. The van der Waals surface area contributed by atoms with Crippen molar-refractivity contribution in [1.29, 1.82) is 21.0 Å². The number of benzene rings is 9. The second-order valence-corrected chi connectivity index (χ2v) is 30.6. The highest BCUT2D eigenvalue weighted by atomic mass is 15.0. The number of pyridine rings is 1. The van der Waals surface area contributed by atoms with E-state index in [1.165, 1.54) is 71.7 Å². The largest absolute Gasteiger partial charge is 0.309 e. The molecular weight excluding hydrogens is 1190 g/mol. The Morgan fingerprint density at radius 3 is 1.06 bits per heavy atom. The van der Waals surface area contributed by atoms with E-state index in [-0.39, 0.29) is 32.5 Å². The molecule has 12 aromatic rings. The van der Waals surface area contributed by atoms with Gasteiger partial charge in [0.05, 0.1) is 68.6 Å². The number of hydrogen-bond acceptors (Lipinski definition) is 5. The van der Waals surface area contributed by atoms with Crippen LogP contribution in [0.5, 0.6) is 0 Å². The van der Waals surface area contributed by atoms with Crippen molar-refractivity contribution >= 4 is 43.6 Å². The highest BCUT2D eigenvalue weighted by Crippen LogP contribution is 2.38. The summed E-state index contributed by atoms with van der Waals surface area (Å²) >= 11 is 0. The van der Waals surface area contributed by atoms with Crippen LogP contribution in [0.4, 0.5) is 0 Å². The van der Waals surface area contributed by atoms with E-state index in [9.17, 15) is 0 Å². The summed E-state index contributed by atoms with van der Waals surface area (Å²) in [6.07, 6.45) is 12.6. The van der Waals surface area contributed by atoms with Crippen LogP contribution in [0.3, 0.4) is 0 Å². The molecule has 9 aromatic carbocycles. The Balaban J connectivity index is 0.000000182. The van der Waals surface area contributed by atoms with E-state index >= 15 is 0 Å². The minimum atomic E-state index is -0.0893. The molecule has 0 aliphatic carbocycles. The summed E-state index contributed by atoms with van der Waals surface area (Å²) in [6.45, 7) is 38.8. The van der Waals surface area contributed by atoms with Crippen molar-refractivity contribution in [3.05, 3.63) is 291 Å². The SMILES string of the molecule is C#Cc1cc(C#N)cc(C(C)(C)C)c1.C#Cc1cccc(C#N)c1C(C)(C)C.CC(C)(C)c1cc(-n2c3ccccc3c3ccccc32)cc(-n2c3ccccc3c3ccccc32)c1.CC(C)(C)c1ccc(C#N)cc1.CC(C)(C)c1cccc(C#N)c1.CC(C)(C)c1ccccn1. The van der Waals surface area contributed by atoms with Gasteiger partial charge in [0.15, 0.2) is 0 Å². The van der Waals surface area contributed by atoms with Gasteiger partial charge in [-0.3, -0.25) is 4.98 Å². The third-order valence-electron chi connectivity index (χ3n) is 16.8. The molecule has 492 valence electrons. The van der Waals surface area contributed by atoms with Crippen molar-refractivity contribution in [3.63, 3.8) is 0 Å². The zero-order valence-corrected chi connectivity index (χ0v) is 60.6. The fraction of sp³-hybridized carbons (Fsp3) is 0.264. The lowest BCUT2D eigenvalue weighted by atomic mass is 9.81. The highest BCUT2D eigenvalue weighted by molar-refractivity contribution is 6.10. The number of nitriles is 4. The maximum Gasteiger partial charge on any atom is 0.0995 e. The number of para-hydroxylation sites is 4. The van der Waals surface area contributed by atoms with Crippen LogP contribution in [0, 0.1) is 70.0 Å². The zero-order valence-electron chi connectivity index (χ0n) is 60.6. The average Bonchev–Trinajstić information content (AvgIpc) is 1.58. The fourth-order valence-electron chi connectivity index (χ4n) is 11.4. The molecule has 0 aliphatic rings. The van der Waals surface area contributed by atoms with Crippen LogP contribution >= 0.6 is 0 Å². The van der Waals surface area contributed by atoms with Gasteiger partial charge in [-0.2, -0.15) is 21.0 Å². The molecule has 0 radical (unpaired) electrons. The standard InChI is InChI=1S/C34H28N2.2C13H13N.2C11H13N.C9H13N/c1-34(2,3)23-20-24(35-30-16-8-4-12-26(30)27-13-5-9-17-31(27)35)22-25(21-23)36-32-18-10-6-14-28(32)29-15-7-11-19-33(29)36;1-5-10-6-11(9-14)8-12(7-10)13(2,3)4;1-5-10-7-6-8-11(9-14)12(10)13(2,3)4;1-11(2,3)10-6-4-9(8-12)5-7-10;1-11(2,3)10-6-4-5-9(7-10)8-12;1-9(2,3)8-6-4-5-7-10-8/h4-22H,1-3H3;2*1,6-8H,2-4H3;2*4-7H,1-3H3;4-7H,1-3H3. The summed E-state index contributed by atoms with van der Waals surface area (Å²) in [5.74, 6) is 5.19. The van der Waals surface area contributed by atoms with Crippen LogP contribution in [-0.4, -0.2) is 14.1 Å². The van der Waals surface area contributed by atoms with Crippen LogP contribution in [0.25, 0.3) is 55.0 Å². The quantitative estimate of drug-likeness (QED) is 0.160. The van der Waals surface area contributed by atoms with E-state index < -0.39 is 0 Å². The van der Waals surface area contributed by atoms with E-state index in [2.05, 4.69) is 302 Å². The summed E-state index contributed by atoms with van der Waals surface area (Å²) < 4.78 is 4.86. The van der Waals surface area contributed by atoms with Crippen LogP contribution in [-0.2, 0) is 32.5 Å². The van der Waals surface area contributed by atoms with E-state index in [1.807, 2.05) is 85.1 Å². The van der Waals surface area contributed by atoms with E-state index in [1.54, 1.807) is 12.1 Å². The normalized spacial score (nSPS) is 11.3. The van der Waals surface area contributed by atoms with Gasteiger partial charge < -0.3 is 9.13 Å². The van der Waals surface area contributed by atoms with E-state index in [4.69, 9.17) is 33.9 Å². The van der Waals surface area contributed by atoms with Crippen molar-refractivity contribution in [2.75, 3.05) is 0 Å². The molecule has 0 fully saturated rings. The third kappa shape index (κ3) is 18.6. The lowest BCUT2D eigenvalue weighted by Crippen LogP contribution is -2.15. The molecule has 0 saturated heterocycles. The molecule has 0 amide bonds. The number of nitrogens with zero attached hydrogens (tertiary/aromatic N) is 7. The Morgan fingerprint density at radius 1 is 0.296 bits per heavy atom. The van der Waals surface area contributed by atoms with Gasteiger partial charge in [-0.1, -0.05) is 246 Å². The molecule has 0 unspecified atom stereocenters. The predicted molar refractivity (Wildman–Crippen MR) is 412 cm³/mol. The summed E-state index contributed by atoms with van der Waals surface area (Å²) in [6, 6.07) is 83.2. The van der Waals surface area contributed by atoms with Gasteiger partial charge in [-0.15, -0.1) is 12.8 Å². The maximum atomic E-state index is 8.98. The maximum absolute atomic E-state index is 8.98. The molecule has 0 saturated carbocycles. The highest BCUT2D eigenvalue weighted by Gasteiger charge is 2.24. The third-order valence-corrected chi connectivity index (χ3v) is 16.8. The van der Waals surface area contributed by atoms with Gasteiger partial charge in [0, 0.05) is 61.4 Å². The first-order chi connectivity index (χ1) is 46.2. The molecule has 0 aliphatic heterocycles. The van der Waals surface area contributed by atoms with Gasteiger partial charge in [-0.25, -0.2) is 0 Å². The van der Waals surface area contributed by atoms with Crippen molar-refractivity contribution < 1.29 is 0 Å². The molecule has 7 heteroatoms. The summed E-state index contributed by atoms with van der Waals surface area (Å²) in [7, 11) is 0. The van der Waals surface area contributed by atoms with Crippen molar-refractivity contribution in [1.82, 2.24) is 14.1 Å². The lowest BCUT2D eigenvalue weighted by molar-refractivity contribution is 0.569. The Kier molecular flexibility index (Phi) is 23.6. The Bertz CT molecular complexity index is 4720. The summed E-state index contributed by atoms with van der Waals surface area (Å²) in [5.41, 5.74) is 19.1. The molecular formula is C91H93N7. The van der Waals surface area contributed by atoms with Crippen LogP contribution in [0.1, 0.15) is 192 Å². The number of aromatic nitrogens is 3. The molecule has 0 bridgehead atoms. The summed E-state index contributed by atoms with van der Waals surface area (Å²) in [4.78, 5) is 4.25. The predicted octanol–water partition coefficient (Wildman–Crippen LogP) is 22.9. The van der Waals surface area contributed by atoms with Gasteiger partial charge in [-0.05, 0) is 164 Å². The van der Waals surface area contributed by atoms with Gasteiger partial charge in [0.25, 0.3) is 0 Å². The topological polar surface area (TPSA) is 118 Å². The number of terminal acetylenes is 2. The van der Waals surface area contributed by atoms with Gasteiger partial charge in [0.2, 0.25) is 0 Å². The molecule has 3 heterocycles.